The molecule has 0 aromatic heterocycles. The van der Waals surface area contributed by atoms with E-state index in [1.807, 2.05) is 0 Å². The molecule has 0 rings (SSSR count). The quantitative estimate of drug-likeness (QED) is 0.0327. The molecule has 4 unspecified atom stereocenters. The standard InChI is InChI=1S/C12H8BrF16I.C12H8F16.C9H3F16I.C3H5Br.Al.B.HN/c13-3-5(30)1-4(7(16,17)18)2-6(14,15)8(19,20)9(21,22)10(23,24)11(25,26)12(27,28)29;1-2-3-5(7(15,16)17)4-6(13,14)8(18,19)9(20,21)10(22,23)11(24,25)12(26,27)28;10-3(11,1-2(26)4(12,13)14)5(15,16)6(17,18)7(19,20)8(21,22)9(23,24)25;1-2-3-4;;;/h4-5H,1-3H2;2,5H,1,3-4H2;2H,1H2;2H,1,3H2;;;1H. The summed E-state index contributed by atoms with van der Waals surface area (Å²) in [7, 11) is 0. The van der Waals surface area contributed by atoms with Crippen molar-refractivity contribution in [2.75, 3.05) is 10.7 Å². The minimum atomic E-state index is -8.14. The van der Waals surface area contributed by atoms with Crippen LogP contribution in [0.4, 0.5) is 211 Å². The summed E-state index contributed by atoms with van der Waals surface area (Å²) < 4.78 is 612. The van der Waals surface area contributed by atoms with Gasteiger partial charge in [0, 0.05) is 42.3 Å². The van der Waals surface area contributed by atoms with E-state index < -0.39 is 178 Å². The molecule has 4 atom stereocenters. The Balaban J connectivity index is -0.000000284. The van der Waals surface area contributed by atoms with E-state index in [1.165, 1.54) is 22.6 Å². The van der Waals surface area contributed by atoms with Crippen molar-refractivity contribution >= 4 is 102 Å². The SMILES string of the molecule is C=CCBr.C=CCC(CC(F)(F)C(F)(F)C(F)(F)C(F)(F)C(F)(F)C(F)(F)F)C(F)(F)F.FC(F)(F)C(CC(I)CBr)CC(F)(F)C(F)(F)C(F)(F)C(F)(F)C(F)(F)C(F)(F)F.FC(F)(F)C(I)CC(F)(F)C(F)(F)C(F)(F)C(F)(F)C(F)(F)C(F)(F)F.[B].[NH]=[Al]. The second-order valence-corrected chi connectivity index (χ2v) is 21.1. The van der Waals surface area contributed by atoms with Crippen LogP contribution >= 0.6 is 77.0 Å². The van der Waals surface area contributed by atoms with Crippen LogP contribution in [0, 0.1) is 16.2 Å². The molecule has 0 aromatic carbocycles. The van der Waals surface area contributed by atoms with Crippen molar-refractivity contribution in [3.63, 3.8) is 0 Å². The van der Waals surface area contributed by atoms with Crippen molar-refractivity contribution in [2.24, 2.45) is 11.8 Å². The second kappa shape index (κ2) is 32.3. The van der Waals surface area contributed by atoms with Gasteiger partial charge in [-0.05, 0) is 12.8 Å². The Labute approximate surface area is 528 Å². The van der Waals surface area contributed by atoms with Crippen molar-refractivity contribution in [3.05, 3.63) is 25.3 Å². The van der Waals surface area contributed by atoms with Crippen molar-refractivity contribution in [1.82, 2.24) is 0 Å². The molecule has 0 saturated carbocycles. The van der Waals surface area contributed by atoms with Crippen LogP contribution in [0.2, 0.25) is 0 Å². The third-order valence-electron chi connectivity index (χ3n) is 9.99. The van der Waals surface area contributed by atoms with Gasteiger partial charge in [0.05, 0.1) is 11.8 Å². The third-order valence-corrected chi connectivity index (χ3v) is 14.5. The molecule has 0 fully saturated rings. The van der Waals surface area contributed by atoms with E-state index in [-0.39, 0.29) is 42.4 Å². The van der Waals surface area contributed by atoms with Crippen LogP contribution in [0.25, 0.3) is 0 Å². The van der Waals surface area contributed by atoms with Crippen molar-refractivity contribution < 1.29 is 211 Å². The van der Waals surface area contributed by atoms with Crippen LogP contribution in [0.5, 0.6) is 0 Å². The Morgan fingerprint density at radius 1 is 0.319 bits per heavy atom. The summed E-state index contributed by atoms with van der Waals surface area (Å²) in [5.74, 6) is -123. The summed E-state index contributed by atoms with van der Waals surface area (Å²) >= 11 is 8.61. The van der Waals surface area contributed by atoms with Crippen LogP contribution < -0.4 is 0 Å². The number of halogens is 52. The van der Waals surface area contributed by atoms with Gasteiger partial charge in [-0.3, -0.25) is 0 Å². The fourth-order valence-electron chi connectivity index (χ4n) is 4.99. The second-order valence-electron chi connectivity index (χ2n) is 16.6. The van der Waals surface area contributed by atoms with Gasteiger partial charge in [0.25, 0.3) is 0 Å². The molecular formula is C36H25AlBBr2F48I2N. The van der Waals surface area contributed by atoms with Gasteiger partial charge < -0.3 is 0 Å². The molecular weight excluding hydrogens is 1810 g/mol. The van der Waals surface area contributed by atoms with Crippen molar-refractivity contribution in [1.29, 1.82) is 4.35 Å². The monoisotopic (exact) mass is 1830 g/mol. The number of hydrogen-bond donors (Lipinski definition) is 1. The van der Waals surface area contributed by atoms with Crippen LogP contribution in [-0.4, -0.2) is 169 Å². The third kappa shape index (κ3) is 21.5. The summed E-state index contributed by atoms with van der Waals surface area (Å²) in [6, 6.07) is 0. The number of nitrogens with one attached hydrogen (secondary N) is 1. The molecule has 0 aliphatic rings. The van der Waals surface area contributed by atoms with Crippen LogP contribution in [0.3, 0.4) is 0 Å². The zero-order valence-corrected chi connectivity index (χ0v) is 50.3. The Bertz CT molecular complexity index is 2220. The predicted octanol–water partition coefficient (Wildman–Crippen LogP) is 22.3. The van der Waals surface area contributed by atoms with Gasteiger partial charge in [0.2, 0.25) is 0 Å². The normalized spacial score (nSPS) is 16.3. The van der Waals surface area contributed by atoms with E-state index in [2.05, 4.69) is 45.0 Å². The van der Waals surface area contributed by atoms with Crippen LogP contribution in [0.15, 0.2) is 25.3 Å². The topological polar surface area (TPSA) is 23.9 Å². The molecule has 0 spiro atoms. The molecule has 55 heteroatoms. The Kier molecular flexibility index (Phi) is 35.8. The van der Waals surface area contributed by atoms with Gasteiger partial charge in [0.15, 0.2) is 0 Å². The molecule has 0 aliphatic carbocycles. The first kappa shape index (κ1) is 101. The molecule has 0 bridgehead atoms. The molecule has 4 radical (unpaired) electrons. The van der Waals surface area contributed by atoms with Gasteiger partial charge in [0.1, 0.15) is 3.92 Å². The molecule has 0 aliphatic heterocycles. The van der Waals surface area contributed by atoms with E-state index >= 15 is 0 Å². The summed E-state index contributed by atoms with van der Waals surface area (Å²) in [6.45, 7) is 6.06. The first-order valence-electron chi connectivity index (χ1n) is 20.5. The Hall–Kier alpha value is -1.06. The minimum absolute atomic E-state index is 0. The molecule has 0 amide bonds. The zero-order valence-electron chi connectivity index (χ0n) is 41.6. The van der Waals surface area contributed by atoms with Crippen LogP contribution in [0.1, 0.15) is 32.1 Å². The average Bonchev–Trinajstić information content (AvgIpc) is 3.31. The predicted molar refractivity (Wildman–Crippen MR) is 238 cm³/mol. The van der Waals surface area contributed by atoms with Gasteiger partial charge >= 0.3 is 146 Å². The van der Waals surface area contributed by atoms with Gasteiger partial charge in [-0.1, -0.05) is 89.2 Å². The molecule has 1 nitrogen and oxygen atoms in total. The fourth-order valence-corrected chi connectivity index (χ4v) is 6.42. The van der Waals surface area contributed by atoms with E-state index in [9.17, 15) is 211 Å². The fraction of sp³-hybridized carbons (Fsp3) is 0.889. The molecule has 1 N–H and O–H groups in total. The molecule has 0 saturated heterocycles. The first-order chi connectivity index (χ1) is 38.5. The Morgan fingerprint density at radius 2 is 0.516 bits per heavy atom. The van der Waals surface area contributed by atoms with E-state index in [0.29, 0.717) is 0 Å². The summed E-state index contributed by atoms with van der Waals surface area (Å²) in [4.78, 5) is 0. The average molecular weight is 1830 g/mol. The summed E-state index contributed by atoms with van der Waals surface area (Å²) in [5.41, 5.74) is 0. The van der Waals surface area contributed by atoms with Gasteiger partial charge in [-0.15, -0.1) is 13.2 Å². The van der Waals surface area contributed by atoms with Crippen molar-refractivity contribution in [3.8, 4) is 0 Å². The number of rotatable bonds is 24. The van der Waals surface area contributed by atoms with Gasteiger partial charge in [-0.2, -0.15) is 211 Å². The first-order valence-corrected chi connectivity index (χ1v) is 25.8. The van der Waals surface area contributed by atoms with Crippen molar-refractivity contribution in [2.45, 2.75) is 166 Å². The number of allylic oxidation sites excluding steroid dienone is 2. The van der Waals surface area contributed by atoms with E-state index in [4.69, 9.17) is 4.35 Å². The maximum absolute atomic E-state index is 13.6. The molecule has 0 aromatic rings. The van der Waals surface area contributed by atoms with E-state index in [0.717, 1.165) is 5.33 Å². The van der Waals surface area contributed by atoms with Gasteiger partial charge in [-0.25, -0.2) is 0 Å². The molecule has 0 heterocycles. The maximum atomic E-state index is 13.6. The number of hydrogen-bond acceptors (Lipinski definition) is 1. The summed E-state index contributed by atoms with van der Waals surface area (Å²) in [6.07, 6.45) is -50.9. The van der Waals surface area contributed by atoms with E-state index in [1.54, 1.807) is 22.2 Å². The molecule has 91 heavy (non-hydrogen) atoms. The number of alkyl halides is 52. The zero-order chi connectivity index (χ0) is 75.2. The molecule has 544 valence electrons. The summed E-state index contributed by atoms with van der Waals surface area (Å²) in [5, 5.41) is 0.557. The Morgan fingerprint density at radius 3 is 0.681 bits per heavy atom. The van der Waals surface area contributed by atoms with Crippen LogP contribution in [-0.2, 0) is 0 Å².